The van der Waals surface area contributed by atoms with Crippen molar-refractivity contribution < 1.29 is 13.2 Å². The Morgan fingerprint density at radius 1 is 1.54 bits per heavy atom. The van der Waals surface area contributed by atoms with E-state index >= 15 is 0 Å². The molecule has 0 aliphatic carbocycles. The second-order valence-electron chi connectivity index (χ2n) is 2.77. The molecule has 0 aromatic carbocycles. The maximum absolute atomic E-state index is 12.2. The summed E-state index contributed by atoms with van der Waals surface area (Å²) in [4.78, 5) is 0. The third-order valence-electron chi connectivity index (χ3n) is 1.65. The van der Waals surface area contributed by atoms with E-state index in [2.05, 4.69) is 11.7 Å². The van der Waals surface area contributed by atoms with Gasteiger partial charge in [-0.2, -0.15) is 18.3 Å². The highest BCUT2D eigenvalue weighted by molar-refractivity contribution is 5.64. The number of nitrogens with zero attached hydrogens (tertiary/aromatic N) is 2. The van der Waals surface area contributed by atoms with Crippen molar-refractivity contribution in [1.29, 1.82) is 0 Å². The molecule has 1 aromatic heterocycles. The average Bonchev–Trinajstić information content (AvgIpc) is 2.26. The first-order chi connectivity index (χ1) is 5.82. The van der Waals surface area contributed by atoms with Crippen LogP contribution in [0.3, 0.4) is 0 Å². The van der Waals surface area contributed by atoms with E-state index in [1.807, 2.05) is 0 Å². The normalized spacial score (nSPS) is 11.8. The van der Waals surface area contributed by atoms with E-state index in [1.54, 1.807) is 6.92 Å². The number of aryl methyl sites for hydroxylation is 2. The maximum Gasteiger partial charge on any atom is 0.417 e. The van der Waals surface area contributed by atoms with Gasteiger partial charge in [-0.3, -0.25) is 4.68 Å². The number of hydrogen-bond acceptors (Lipinski definition) is 1. The van der Waals surface area contributed by atoms with Crippen LogP contribution in [0.2, 0.25) is 0 Å². The van der Waals surface area contributed by atoms with Gasteiger partial charge in [0.25, 0.3) is 0 Å². The zero-order valence-electron chi connectivity index (χ0n) is 7.31. The summed E-state index contributed by atoms with van der Waals surface area (Å²) >= 11 is 0. The van der Waals surface area contributed by atoms with Crippen molar-refractivity contribution >= 4 is 5.57 Å². The molecular formula is C8H9F3N2. The van der Waals surface area contributed by atoms with Gasteiger partial charge < -0.3 is 0 Å². The lowest BCUT2D eigenvalue weighted by Crippen LogP contribution is -2.12. The Labute approximate surface area is 73.7 Å². The fourth-order valence-corrected chi connectivity index (χ4v) is 1.04. The van der Waals surface area contributed by atoms with E-state index in [1.165, 1.54) is 17.8 Å². The van der Waals surface area contributed by atoms with Crippen LogP contribution in [-0.4, -0.2) is 16.0 Å². The van der Waals surface area contributed by atoms with Crippen LogP contribution >= 0.6 is 0 Å². The molecule has 0 spiro atoms. The SMILES string of the molecule is C=C(c1cc(C)nn1C)C(F)(F)F. The summed E-state index contributed by atoms with van der Waals surface area (Å²) in [6.45, 7) is 4.62. The third kappa shape index (κ3) is 1.91. The van der Waals surface area contributed by atoms with Crippen LogP contribution in [0.5, 0.6) is 0 Å². The molecule has 1 aromatic rings. The molecule has 0 aliphatic heterocycles. The molecule has 0 saturated heterocycles. The van der Waals surface area contributed by atoms with Gasteiger partial charge in [-0.25, -0.2) is 0 Å². The second-order valence-corrected chi connectivity index (χ2v) is 2.77. The van der Waals surface area contributed by atoms with Crippen molar-refractivity contribution in [2.24, 2.45) is 7.05 Å². The summed E-state index contributed by atoms with van der Waals surface area (Å²) in [5.74, 6) is 0. The van der Waals surface area contributed by atoms with Gasteiger partial charge in [-0.1, -0.05) is 6.58 Å². The van der Waals surface area contributed by atoms with Gasteiger partial charge in [-0.15, -0.1) is 0 Å². The molecule has 0 unspecified atom stereocenters. The molecule has 0 saturated carbocycles. The molecule has 0 fully saturated rings. The smallest absolute Gasteiger partial charge is 0.268 e. The minimum atomic E-state index is -4.39. The fourth-order valence-electron chi connectivity index (χ4n) is 1.04. The first kappa shape index (κ1) is 9.83. The molecule has 0 radical (unpaired) electrons. The highest BCUT2D eigenvalue weighted by Gasteiger charge is 2.34. The summed E-state index contributed by atoms with van der Waals surface area (Å²) in [7, 11) is 1.46. The molecule has 0 N–H and O–H groups in total. The largest absolute Gasteiger partial charge is 0.417 e. The Balaban J connectivity index is 3.09. The van der Waals surface area contributed by atoms with E-state index in [4.69, 9.17) is 0 Å². The molecule has 72 valence electrons. The second kappa shape index (κ2) is 2.90. The molecule has 1 heterocycles. The lowest BCUT2D eigenvalue weighted by molar-refractivity contribution is -0.0691. The van der Waals surface area contributed by atoms with Crippen LogP contribution in [0.25, 0.3) is 5.57 Å². The van der Waals surface area contributed by atoms with E-state index in [9.17, 15) is 13.2 Å². The van der Waals surface area contributed by atoms with Gasteiger partial charge in [0.2, 0.25) is 0 Å². The molecule has 13 heavy (non-hydrogen) atoms. The van der Waals surface area contributed by atoms with E-state index in [0.29, 0.717) is 5.69 Å². The highest BCUT2D eigenvalue weighted by atomic mass is 19.4. The number of halogens is 3. The zero-order chi connectivity index (χ0) is 10.2. The molecule has 5 heteroatoms. The molecule has 0 amide bonds. The third-order valence-corrected chi connectivity index (χ3v) is 1.65. The summed E-state index contributed by atoms with van der Waals surface area (Å²) in [6, 6.07) is 1.36. The summed E-state index contributed by atoms with van der Waals surface area (Å²) in [6.07, 6.45) is -4.39. The van der Waals surface area contributed by atoms with Gasteiger partial charge in [0, 0.05) is 7.05 Å². The van der Waals surface area contributed by atoms with Gasteiger partial charge in [-0.05, 0) is 13.0 Å². The molecule has 0 aliphatic rings. The van der Waals surface area contributed by atoms with Crippen molar-refractivity contribution in [1.82, 2.24) is 9.78 Å². The van der Waals surface area contributed by atoms with E-state index in [0.717, 1.165) is 0 Å². The van der Waals surface area contributed by atoms with E-state index < -0.39 is 11.7 Å². The summed E-state index contributed by atoms with van der Waals surface area (Å²) < 4.78 is 37.7. The predicted octanol–water partition coefficient (Wildman–Crippen LogP) is 2.30. The molecule has 0 atom stereocenters. The first-order valence-electron chi connectivity index (χ1n) is 3.59. The maximum atomic E-state index is 12.2. The Hall–Kier alpha value is -1.26. The lowest BCUT2D eigenvalue weighted by atomic mass is 10.2. The van der Waals surface area contributed by atoms with Crippen LogP contribution in [-0.2, 0) is 7.05 Å². The number of aromatic nitrogens is 2. The summed E-state index contributed by atoms with van der Waals surface area (Å²) in [5, 5.41) is 3.80. The Kier molecular flexibility index (Phi) is 2.19. The minimum Gasteiger partial charge on any atom is -0.268 e. The topological polar surface area (TPSA) is 17.8 Å². The van der Waals surface area contributed by atoms with E-state index in [-0.39, 0.29) is 5.69 Å². The van der Waals surface area contributed by atoms with Crippen LogP contribution in [0.15, 0.2) is 12.6 Å². The average molecular weight is 190 g/mol. The van der Waals surface area contributed by atoms with Crippen molar-refractivity contribution in [2.75, 3.05) is 0 Å². The van der Waals surface area contributed by atoms with Crippen LogP contribution in [0, 0.1) is 6.92 Å². The first-order valence-corrected chi connectivity index (χ1v) is 3.59. The number of alkyl halides is 3. The standard InChI is InChI=1S/C8H9F3N2/c1-5-4-7(13(3)12-5)6(2)8(9,10)11/h4H,2H2,1,3H3. The quantitative estimate of drug-likeness (QED) is 0.664. The van der Waals surface area contributed by atoms with Gasteiger partial charge in [0.1, 0.15) is 0 Å². The van der Waals surface area contributed by atoms with Crippen LogP contribution in [0.1, 0.15) is 11.4 Å². The number of allylic oxidation sites excluding steroid dienone is 1. The molecule has 2 nitrogen and oxygen atoms in total. The number of hydrogen-bond donors (Lipinski definition) is 0. The summed E-state index contributed by atoms with van der Waals surface area (Å²) in [5.41, 5.74) is -0.316. The van der Waals surface area contributed by atoms with Crippen LogP contribution in [0.4, 0.5) is 13.2 Å². The monoisotopic (exact) mass is 190 g/mol. The Bertz CT molecular complexity index is 336. The Morgan fingerprint density at radius 3 is 2.38 bits per heavy atom. The minimum absolute atomic E-state index is 0.00463. The van der Waals surface area contributed by atoms with Gasteiger partial charge >= 0.3 is 6.18 Å². The van der Waals surface area contributed by atoms with Crippen molar-refractivity contribution in [3.63, 3.8) is 0 Å². The zero-order valence-corrected chi connectivity index (χ0v) is 7.31. The molecule has 0 bridgehead atoms. The van der Waals surface area contributed by atoms with Crippen molar-refractivity contribution in [3.05, 3.63) is 24.0 Å². The van der Waals surface area contributed by atoms with Crippen molar-refractivity contribution in [2.45, 2.75) is 13.1 Å². The van der Waals surface area contributed by atoms with Gasteiger partial charge in [0.05, 0.1) is 17.0 Å². The fraction of sp³-hybridized carbons (Fsp3) is 0.375. The molecule has 1 rings (SSSR count). The predicted molar refractivity (Wildman–Crippen MR) is 43.0 cm³/mol. The van der Waals surface area contributed by atoms with Crippen molar-refractivity contribution in [3.8, 4) is 0 Å². The van der Waals surface area contributed by atoms with Crippen LogP contribution < -0.4 is 0 Å². The molecular weight excluding hydrogens is 181 g/mol. The highest BCUT2D eigenvalue weighted by Crippen LogP contribution is 2.31. The number of rotatable bonds is 1. The van der Waals surface area contributed by atoms with Gasteiger partial charge in [0.15, 0.2) is 0 Å². The lowest BCUT2D eigenvalue weighted by Gasteiger charge is -2.09. The Morgan fingerprint density at radius 2 is 2.08 bits per heavy atom.